The van der Waals surface area contributed by atoms with E-state index in [2.05, 4.69) is 44.4 Å². The Morgan fingerprint density at radius 2 is 1.52 bits per heavy atom. The van der Waals surface area contributed by atoms with Crippen molar-refractivity contribution < 1.29 is 9.59 Å². The summed E-state index contributed by atoms with van der Waals surface area (Å²) in [4.78, 5) is 23.0. The molecule has 0 fully saturated rings. The number of rotatable bonds is 11. The van der Waals surface area contributed by atoms with Crippen LogP contribution < -0.4 is 10.6 Å². The van der Waals surface area contributed by atoms with Crippen LogP contribution in [0.25, 0.3) is 0 Å². The molecule has 4 nitrogen and oxygen atoms in total. The highest BCUT2D eigenvalue weighted by Gasteiger charge is 2.03. The van der Waals surface area contributed by atoms with E-state index in [1.165, 1.54) is 5.57 Å². The number of hydrogen-bond acceptors (Lipinski definition) is 2. The molecule has 0 aromatic rings. The van der Waals surface area contributed by atoms with Gasteiger partial charge in [0.2, 0.25) is 11.8 Å². The summed E-state index contributed by atoms with van der Waals surface area (Å²) in [5, 5.41) is 5.76. The second-order valence-corrected chi connectivity index (χ2v) is 6.16. The molecule has 0 atom stereocenters. The normalized spacial score (nSPS) is 10.3. The Balaban J connectivity index is 3.43. The summed E-state index contributed by atoms with van der Waals surface area (Å²) in [6.07, 6.45) is 6.88. The first-order chi connectivity index (χ1) is 9.91. The highest BCUT2D eigenvalue weighted by molar-refractivity contribution is 5.76. The van der Waals surface area contributed by atoms with E-state index in [0.717, 1.165) is 25.7 Å². The predicted molar refractivity (Wildman–Crippen MR) is 88.0 cm³/mol. The number of carbonyl (C=O) groups excluding carboxylic acids is 2. The Bertz CT molecular complexity index is 332. The van der Waals surface area contributed by atoms with Crippen LogP contribution in [0.3, 0.4) is 0 Å². The average molecular weight is 296 g/mol. The smallest absolute Gasteiger partial charge is 0.220 e. The summed E-state index contributed by atoms with van der Waals surface area (Å²) in [6, 6.07) is 0. The minimum atomic E-state index is 0.100. The molecule has 0 aromatic carbocycles. The molecule has 0 unspecified atom stereocenters. The molecule has 0 saturated carbocycles. The van der Waals surface area contributed by atoms with Crippen molar-refractivity contribution >= 4 is 11.8 Å². The van der Waals surface area contributed by atoms with Gasteiger partial charge in [-0.3, -0.25) is 9.59 Å². The van der Waals surface area contributed by atoms with Gasteiger partial charge in [-0.2, -0.15) is 0 Å². The van der Waals surface area contributed by atoms with Crippen LogP contribution in [0.4, 0.5) is 0 Å². The zero-order chi connectivity index (χ0) is 16.1. The Hall–Kier alpha value is -1.32. The first kappa shape index (κ1) is 19.7. The number of unbranched alkanes of at least 4 members (excludes halogenated alkanes) is 1. The maximum atomic E-state index is 11.5. The number of carbonyl (C=O) groups is 2. The topological polar surface area (TPSA) is 58.2 Å². The molecule has 0 aliphatic carbocycles. The molecule has 0 heterocycles. The van der Waals surface area contributed by atoms with Crippen molar-refractivity contribution in [2.45, 2.75) is 66.2 Å². The fourth-order valence-electron chi connectivity index (χ4n) is 1.79. The third-order valence-corrected chi connectivity index (χ3v) is 3.11. The Morgan fingerprint density at radius 3 is 2.05 bits per heavy atom. The fraction of sp³-hybridized carbons (Fsp3) is 0.765. The molecule has 0 aliphatic rings. The molecule has 0 aromatic heterocycles. The minimum absolute atomic E-state index is 0.100. The van der Waals surface area contributed by atoms with Gasteiger partial charge in [-0.05, 0) is 45.4 Å². The van der Waals surface area contributed by atoms with E-state index >= 15 is 0 Å². The maximum Gasteiger partial charge on any atom is 0.220 e. The SMILES string of the molecule is CC(C)=CCCCC(=O)NCCCNC(=O)CCC(C)C. The van der Waals surface area contributed by atoms with Gasteiger partial charge in [0.1, 0.15) is 0 Å². The monoisotopic (exact) mass is 296 g/mol. The molecule has 2 N–H and O–H groups in total. The fourth-order valence-corrected chi connectivity index (χ4v) is 1.79. The first-order valence-corrected chi connectivity index (χ1v) is 8.08. The average Bonchev–Trinajstić information content (AvgIpc) is 2.40. The van der Waals surface area contributed by atoms with Crippen molar-refractivity contribution in [2.24, 2.45) is 5.92 Å². The predicted octanol–water partition coefficient (Wildman–Crippen LogP) is 3.18. The lowest BCUT2D eigenvalue weighted by Gasteiger charge is -2.07. The summed E-state index contributed by atoms with van der Waals surface area (Å²) in [6.45, 7) is 9.62. The van der Waals surface area contributed by atoms with Crippen LogP contribution in [0.5, 0.6) is 0 Å². The standard InChI is InChI=1S/C17H32N2O2/c1-14(2)8-5-6-9-16(20)18-12-7-13-19-17(21)11-10-15(3)4/h8,15H,5-7,9-13H2,1-4H3,(H,18,20)(H,19,21). The molecule has 0 rings (SSSR count). The lowest BCUT2D eigenvalue weighted by molar-refractivity contribution is -0.121. The number of hydrogen-bond donors (Lipinski definition) is 2. The third kappa shape index (κ3) is 14.9. The Morgan fingerprint density at radius 1 is 0.952 bits per heavy atom. The van der Waals surface area contributed by atoms with Crippen LogP contribution in [0.15, 0.2) is 11.6 Å². The van der Waals surface area contributed by atoms with E-state index in [9.17, 15) is 9.59 Å². The molecular weight excluding hydrogens is 264 g/mol. The lowest BCUT2D eigenvalue weighted by Crippen LogP contribution is -2.29. The summed E-state index contributed by atoms with van der Waals surface area (Å²) in [7, 11) is 0. The zero-order valence-electron chi connectivity index (χ0n) is 14.1. The molecule has 122 valence electrons. The second-order valence-electron chi connectivity index (χ2n) is 6.16. The molecule has 0 radical (unpaired) electrons. The van der Waals surface area contributed by atoms with Gasteiger partial charge in [-0.15, -0.1) is 0 Å². The highest BCUT2D eigenvalue weighted by atomic mass is 16.2. The van der Waals surface area contributed by atoms with Gasteiger partial charge in [0.25, 0.3) is 0 Å². The van der Waals surface area contributed by atoms with Crippen LogP contribution in [-0.4, -0.2) is 24.9 Å². The molecule has 0 spiro atoms. The van der Waals surface area contributed by atoms with Crippen LogP contribution in [0, 0.1) is 5.92 Å². The van der Waals surface area contributed by atoms with Crippen molar-refractivity contribution in [3.8, 4) is 0 Å². The number of allylic oxidation sites excluding steroid dienone is 2. The molecule has 4 heteroatoms. The van der Waals surface area contributed by atoms with E-state index in [-0.39, 0.29) is 11.8 Å². The van der Waals surface area contributed by atoms with Gasteiger partial charge >= 0.3 is 0 Å². The van der Waals surface area contributed by atoms with Crippen LogP contribution in [-0.2, 0) is 9.59 Å². The Kier molecular flexibility index (Phi) is 11.6. The van der Waals surface area contributed by atoms with Crippen molar-refractivity contribution in [3.05, 3.63) is 11.6 Å². The summed E-state index contributed by atoms with van der Waals surface area (Å²) in [5.74, 6) is 0.765. The summed E-state index contributed by atoms with van der Waals surface area (Å²) < 4.78 is 0. The van der Waals surface area contributed by atoms with Crippen LogP contribution >= 0.6 is 0 Å². The first-order valence-electron chi connectivity index (χ1n) is 8.08. The van der Waals surface area contributed by atoms with Gasteiger partial charge in [-0.25, -0.2) is 0 Å². The largest absolute Gasteiger partial charge is 0.356 e. The molecule has 2 amide bonds. The molecular formula is C17H32N2O2. The third-order valence-electron chi connectivity index (χ3n) is 3.11. The van der Waals surface area contributed by atoms with Gasteiger partial charge in [0, 0.05) is 25.9 Å². The zero-order valence-corrected chi connectivity index (χ0v) is 14.1. The quantitative estimate of drug-likeness (QED) is 0.454. The maximum absolute atomic E-state index is 11.5. The van der Waals surface area contributed by atoms with Gasteiger partial charge in [-0.1, -0.05) is 25.5 Å². The number of amides is 2. The Labute approximate surface area is 129 Å². The number of nitrogens with one attached hydrogen (secondary N) is 2. The van der Waals surface area contributed by atoms with E-state index in [1.807, 2.05) is 0 Å². The van der Waals surface area contributed by atoms with Gasteiger partial charge < -0.3 is 10.6 Å². The van der Waals surface area contributed by atoms with Crippen molar-refractivity contribution in [1.82, 2.24) is 10.6 Å². The minimum Gasteiger partial charge on any atom is -0.356 e. The van der Waals surface area contributed by atoms with Crippen LogP contribution in [0.1, 0.15) is 66.2 Å². The van der Waals surface area contributed by atoms with Crippen molar-refractivity contribution in [3.63, 3.8) is 0 Å². The van der Waals surface area contributed by atoms with Crippen molar-refractivity contribution in [2.75, 3.05) is 13.1 Å². The second kappa shape index (κ2) is 12.4. The van der Waals surface area contributed by atoms with Gasteiger partial charge in [0.15, 0.2) is 0 Å². The summed E-state index contributed by atoms with van der Waals surface area (Å²) >= 11 is 0. The molecule has 0 saturated heterocycles. The van der Waals surface area contributed by atoms with E-state index < -0.39 is 0 Å². The highest BCUT2D eigenvalue weighted by Crippen LogP contribution is 2.02. The lowest BCUT2D eigenvalue weighted by atomic mass is 10.1. The molecule has 0 aliphatic heterocycles. The molecule has 21 heavy (non-hydrogen) atoms. The molecule has 0 bridgehead atoms. The van der Waals surface area contributed by atoms with E-state index in [4.69, 9.17) is 0 Å². The van der Waals surface area contributed by atoms with Crippen LogP contribution in [0.2, 0.25) is 0 Å². The van der Waals surface area contributed by atoms with Crippen molar-refractivity contribution in [1.29, 1.82) is 0 Å². The van der Waals surface area contributed by atoms with E-state index in [1.54, 1.807) is 0 Å². The van der Waals surface area contributed by atoms with Gasteiger partial charge in [0.05, 0.1) is 0 Å². The van der Waals surface area contributed by atoms with E-state index in [0.29, 0.717) is 31.8 Å². The summed E-state index contributed by atoms with van der Waals surface area (Å²) in [5.41, 5.74) is 1.30.